The fourth-order valence-corrected chi connectivity index (χ4v) is 2.79. The van der Waals surface area contributed by atoms with Gasteiger partial charge < -0.3 is 0 Å². The summed E-state index contributed by atoms with van der Waals surface area (Å²) in [5.41, 5.74) is -0.0718. The maximum absolute atomic E-state index is 12.3. The third-order valence-corrected chi connectivity index (χ3v) is 4.30. The van der Waals surface area contributed by atoms with Gasteiger partial charge in [-0.1, -0.05) is 35.9 Å². The van der Waals surface area contributed by atoms with Crippen molar-refractivity contribution in [2.45, 2.75) is 13.3 Å². The molecule has 7 nitrogen and oxygen atoms in total. The lowest BCUT2D eigenvalue weighted by atomic mass is 10.3. The van der Waals surface area contributed by atoms with Crippen molar-refractivity contribution in [3.8, 4) is 5.69 Å². The van der Waals surface area contributed by atoms with Crippen molar-refractivity contribution in [1.82, 2.24) is 20.0 Å². The maximum atomic E-state index is 12.3. The highest BCUT2D eigenvalue weighted by Crippen LogP contribution is 2.16. The molecule has 24 heavy (non-hydrogen) atoms. The lowest BCUT2D eigenvalue weighted by molar-refractivity contribution is 0.101. The molecule has 3 rings (SSSR count). The zero-order chi connectivity index (χ0) is 17.1. The van der Waals surface area contributed by atoms with E-state index in [1.54, 1.807) is 24.3 Å². The topological polar surface area (TPSA) is 89.8 Å². The Balaban J connectivity index is 1.91. The van der Waals surface area contributed by atoms with Crippen LogP contribution in [0.1, 0.15) is 22.4 Å². The number of nitrogens with one attached hydrogen (secondary N) is 1. The van der Waals surface area contributed by atoms with Crippen LogP contribution in [0, 0.1) is 0 Å². The van der Waals surface area contributed by atoms with E-state index in [1.165, 1.54) is 28.3 Å². The van der Waals surface area contributed by atoms with Gasteiger partial charge in [0.25, 0.3) is 5.91 Å². The number of rotatable bonds is 4. The van der Waals surface area contributed by atoms with E-state index < -0.39 is 11.3 Å². The molecule has 0 fully saturated rings. The van der Waals surface area contributed by atoms with Gasteiger partial charge in [-0.15, -0.1) is 10.2 Å². The van der Waals surface area contributed by atoms with Crippen LogP contribution >= 0.6 is 22.9 Å². The molecule has 3 aromatic rings. The maximum Gasteiger partial charge on any atom is 0.282 e. The van der Waals surface area contributed by atoms with Crippen molar-refractivity contribution in [3.63, 3.8) is 0 Å². The highest BCUT2D eigenvalue weighted by molar-refractivity contribution is 7.15. The van der Waals surface area contributed by atoms with E-state index in [9.17, 15) is 9.59 Å². The fraction of sp³-hybridized carbons (Fsp3) is 0.133. The zero-order valence-electron chi connectivity index (χ0n) is 12.6. The second kappa shape index (κ2) is 6.90. The molecule has 122 valence electrons. The molecular weight excluding hydrogens is 350 g/mol. The Morgan fingerprint density at radius 1 is 1.33 bits per heavy atom. The first-order valence-electron chi connectivity index (χ1n) is 7.06. The monoisotopic (exact) mass is 361 g/mol. The SMILES string of the molecule is CCc1nnc(NC(=O)c2nn(-c3cccc(Cl)c3)ccc2=O)s1. The van der Waals surface area contributed by atoms with E-state index in [-0.39, 0.29) is 5.69 Å². The highest BCUT2D eigenvalue weighted by atomic mass is 35.5. The number of nitrogens with zero attached hydrogens (tertiary/aromatic N) is 4. The number of amides is 1. The fourth-order valence-electron chi connectivity index (χ4n) is 1.93. The van der Waals surface area contributed by atoms with Crippen molar-refractivity contribution in [3.05, 3.63) is 62.5 Å². The summed E-state index contributed by atoms with van der Waals surface area (Å²) < 4.78 is 1.42. The second-order valence-electron chi connectivity index (χ2n) is 4.76. The minimum Gasteiger partial charge on any atom is -0.295 e. The Kier molecular flexibility index (Phi) is 4.68. The summed E-state index contributed by atoms with van der Waals surface area (Å²) in [7, 11) is 0. The molecule has 0 aliphatic rings. The molecule has 0 atom stereocenters. The van der Waals surface area contributed by atoms with Crippen LogP contribution in [0.4, 0.5) is 5.13 Å². The van der Waals surface area contributed by atoms with Crippen molar-refractivity contribution in [2.75, 3.05) is 5.32 Å². The molecule has 0 radical (unpaired) electrons. The third-order valence-electron chi connectivity index (χ3n) is 3.09. The van der Waals surface area contributed by atoms with E-state index in [4.69, 9.17) is 11.6 Å². The third kappa shape index (κ3) is 3.50. The molecule has 1 N–H and O–H groups in total. The number of hydrogen-bond donors (Lipinski definition) is 1. The molecule has 0 saturated carbocycles. The van der Waals surface area contributed by atoms with Gasteiger partial charge in [0, 0.05) is 17.3 Å². The minimum atomic E-state index is -0.629. The Hall–Kier alpha value is -2.58. The van der Waals surface area contributed by atoms with Crippen LogP contribution in [0.2, 0.25) is 5.02 Å². The van der Waals surface area contributed by atoms with Crippen molar-refractivity contribution >= 4 is 34.0 Å². The van der Waals surface area contributed by atoms with E-state index in [0.29, 0.717) is 15.8 Å². The first kappa shape index (κ1) is 16.3. The number of benzene rings is 1. The first-order chi connectivity index (χ1) is 11.6. The number of aryl methyl sites for hydroxylation is 1. The quantitative estimate of drug-likeness (QED) is 0.771. The van der Waals surface area contributed by atoms with E-state index >= 15 is 0 Å². The number of carbonyl (C=O) groups excluding carboxylic acids is 1. The summed E-state index contributed by atoms with van der Waals surface area (Å²) >= 11 is 7.21. The van der Waals surface area contributed by atoms with Gasteiger partial charge in [-0.05, 0) is 24.6 Å². The molecule has 0 aliphatic carbocycles. The number of aromatic nitrogens is 4. The van der Waals surface area contributed by atoms with Gasteiger partial charge in [-0.25, -0.2) is 4.68 Å². The van der Waals surface area contributed by atoms with Gasteiger partial charge in [0.1, 0.15) is 5.01 Å². The number of hydrogen-bond acceptors (Lipinski definition) is 6. The molecule has 1 aromatic carbocycles. The predicted molar refractivity (Wildman–Crippen MR) is 92.1 cm³/mol. The van der Waals surface area contributed by atoms with Crippen LogP contribution in [0.25, 0.3) is 5.69 Å². The smallest absolute Gasteiger partial charge is 0.282 e. The van der Waals surface area contributed by atoms with Crippen molar-refractivity contribution < 1.29 is 4.79 Å². The largest absolute Gasteiger partial charge is 0.295 e. The molecule has 1 amide bonds. The lowest BCUT2D eigenvalue weighted by Gasteiger charge is -2.07. The zero-order valence-corrected chi connectivity index (χ0v) is 14.1. The minimum absolute atomic E-state index is 0.231. The Morgan fingerprint density at radius 3 is 2.88 bits per heavy atom. The van der Waals surface area contributed by atoms with Crippen LogP contribution in [0.3, 0.4) is 0 Å². The van der Waals surface area contributed by atoms with E-state index in [1.807, 2.05) is 6.92 Å². The van der Waals surface area contributed by atoms with Crippen LogP contribution < -0.4 is 10.7 Å². The van der Waals surface area contributed by atoms with Crippen LogP contribution in [0.5, 0.6) is 0 Å². The standard InChI is InChI=1S/C15H12ClN5O2S/c1-2-12-18-19-15(24-12)17-14(23)13-11(22)6-7-21(20-13)10-5-3-4-9(16)8-10/h3-8H,2H2,1H3,(H,17,19,23). The lowest BCUT2D eigenvalue weighted by Crippen LogP contribution is -2.25. The highest BCUT2D eigenvalue weighted by Gasteiger charge is 2.16. The van der Waals surface area contributed by atoms with E-state index in [2.05, 4.69) is 20.6 Å². The number of halogens is 1. The average molecular weight is 362 g/mol. The van der Waals surface area contributed by atoms with Gasteiger partial charge in [-0.2, -0.15) is 5.10 Å². The molecule has 0 saturated heterocycles. The van der Waals surface area contributed by atoms with Gasteiger partial charge in [0.15, 0.2) is 5.69 Å². The summed E-state index contributed by atoms with van der Waals surface area (Å²) in [5.74, 6) is -0.629. The molecule has 0 bridgehead atoms. The average Bonchev–Trinajstić information content (AvgIpc) is 3.02. The number of anilines is 1. The molecule has 2 heterocycles. The molecule has 0 unspecified atom stereocenters. The van der Waals surface area contributed by atoms with Crippen LogP contribution in [-0.2, 0) is 6.42 Å². The normalized spacial score (nSPS) is 10.6. The summed E-state index contributed by atoms with van der Waals surface area (Å²) in [6.45, 7) is 1.94. The second-order valence-corrected chi connectivity index (χ2v) is 6.26. The summed E-state index contributed by atoms with van der Waals surface area (Å²) in [4.78, 5) is 24.3. The van der Waals surface area contributed by atoms with Gasteiger partial charge in [0.2, 0.25) is 10.6 Å². The molecule has 0 aliphatic heterocycles. The molecule has 9 heteroatoms. The predicted octanol–water partition coefficient (Wildman–Crippen LogP) is 2.55. The van der Waals surface area contributed by atoms with Gasteiger partial charge in [-0.3, -0.25) is 14.9 Å². The van der Waals surface area contributed by atoms with E-state index in [0.717, 1.165) is 11.4 Å². The molecular formula is C15H12ClN5O2S. The molecule has 0 spiro atoms. The Morgan fingerprint density at radius 2 is 2.17 bits per heavy atom. The summed E-state index contributed by atoms with van der Waals surface area (Å²) in [5, 5.41) is 16.1. The van der Waals surface area contributed by atoms with Crippen LogP contribution in [-0.4, -0.2) is 25.9 Å². The van der Waals surface area contributed by atoms with Gasteiger partial charge in [0.05, 0.1) is 5.69 Å². The Bertz CT molecular complexity index is 953. The summed E-state index contributed by atoms with van der Waals surface area (Å²) in [6.07, 6.45) is 2.20. The van der Waals surface area contributed by atoms with Crippen molar-refractivity contribution in [1.29, 1.82) is 0 Å². The summed E-state index contributed by atoms with van der Waals surface area (Å²) in [6, 6.07) is 8.20. The number of carbonyl (C=O) groups is 1. The van der Waals surface area contributed by atoms with Gasteiger partial charge >= 0.3 is 0 Å². The Labute approximate surface area is 145 Å². The first-order valence-corrected chi connectivity index (χ1v) is 8.26. The molecule has 2 aromatic heterocycles. The van der Waals surface area contributed by atoms with Crippen molar-refractivity contribution in [2.24, 2.45) is 0 Å². The van der Waals surface area contributed by atoms with Crippen LogP contribution in [0.15, 0.2) is 41.3 Å².